The van der Waals surface area contributed by atoms with Crippen molar-refractivity contribution in [3.05, 3.63) is 42.2 Å². The molecule has 25 heavy (non-hydrogen) atoms. The number of nitrogens with zero attached hydrogens (tertiary/aromatic N) is 4. The van der Waals surface area contributed by atoms with Gasteiger partial charge in [0.25, 0.3) is 5.91 Å². The van der Waals surface area contributed by atoms with E-state index in [1.807, 2.05) is 0 Å². The molecule has 0 aromatic carbocycles. The maximum absolute atomic E-state index is 12.5. The Morgan fingerprint density at radius 1 is 1.12 bits per heavy atom. The molecule has 0 N–H and O–H groups in total. The largest absolute Gasteiger partial charge is 0.479 e. The Balaban J connectivity index is 1.42. The van der Waals surface area contributed by atoms with Crippen LogP contribution in [0.3, 0.4) is 0 Å². The summed E-state index contributed by atoms with van der Waals surface area (Å²) in [6.07, 6.45) is 6.72. The van der Waals surface area contributed by atoms with Gasteiger partial charge in [-0.25, -0.2) is 15.0 Å². The molecule has 1 atom stereocenters. The number of carbonyl (C=O) groups is 2. The Bertz CT molecular complexity index is 800. The Kier molecular flexibility index (Phi) is 3.91. The number of aryl methyl sites for hydroxylation is 1. The highest BCUT2D eigenvalue weighted by molar-refractivity contribution is 5.99. The predicted molar refractivity (Wildman–Crippen MR) is 89.4 cm³/mol. The lowest BCUT2D eigenvalue weighted by atomic mass is 10.2. The minimum Gasteiger partial charge on any atom is -0.479 e. The van der Waals surface area contributed by atoms with Gasteiger partial charge in [0, 0.05) is 18.9 Å². The van der Waals surface area contributed by atoms with Crippen molar-refractivity contribution in [2.75, 3.05) is 11.4 Å². The summed E-state index contributed by atoms with van der Waals surface area (Å²) in [7, 11) is 0. The van der Waals surface area contributed by atoms with E-state index in [0.717, 1.165) is 12.8 Å². The Morgan fingerprint density at radius 2 is 1.88 bits per heavy atom. The van der Waals surface area contributed by atoms with Crippen molar-refractivity contribution in [3.8, 4) is 5.75 Å². The van der Waals surface area contributed by atoms with Crippen LogP contribution in [0.2, 0.25) is 0 Å². The van der Waals surface area contributed by atoms with Gasteiger partial charge in [0.1, 0.15) is 17.3 Å². The lowest BCUT2D eigenvalue weighted by molar-refractivity contribution is -0.122. The smallest absolute Gasteiger partial charge is 0.268 e. The molecule has 7 nitrogen and oxygen atoms in total. The third kappa shape index (κ3) is 3.22. The van der Waals surface area contributed by atoms with Gasteiger partial charge in [0.15, 0.2) is 11.9 Å². The highest BCUT2D eigenvalue weighted by Crippen LogP contribution is 2.32. The molecule has 7 heteroatoms. The van der Waals surface area contributed by atoms with E-state index in [1.54, 1.807) is 36.4 Å². The zero-order valence-corrected chi connectivity index (χ0v) is 13.9. The highest BCUT2D eigenvalue weighted by atomic mass is 16.5. The number of anilines is 1. The molecule has 1 saturated heterocycles. The summed E-state index contributed by atoms with van der Waals surface area (Å²) in [5.74, 6) is 1.27. The zero-order chi connectivity index (χ0) is 17.4. The lowest BCUT2D eigenvalue weighted by Gasteiger charge is -2.16. The van der Waals surface area contributed by atoms with E-state index in [1.165, 1.54) is 6.20 Å². The van der Waals surface area contributed by atoms with E-state index >= 15 is 0 Å². The molecule has 0 bridgehead atoms. The second kappa shape index (κ2) is 6.23. The molecule has 0 radical (unpaired) electrons. The van der Waals surface area contributed by atoms with E-state index in [0.29, 0.717) is 35.9 Å². The second-order valence-electron chi connectivity index (χ2n) is 6.39. The summed E-state index contributed by atoms with van der Waals surface area (Å²) in [4.78, 5) is 38.6. The van der Waals surface area contributed by atoms with Crippen molar-refractivity contribution in [2.45, 2.75) is 32.3 Å². The van der Waals surface area contributed by atoms with E-state index in [4.69, 9.17) is 4.74 Å². The third-order valence-corrected chi connectivity index (χ3v) is 4.45. The normalized spacial score (nSPS) is 20.0. The molecule has 2 fully saturated rings. The molecular weight excluding hydrogens is 320 g/mol. The van der Waals surface area contributed by atoms with Crippen molar-refractivity contribution in [3.63, 3.8) is 0 Å². The van der Waals surface area contributed by atoms with Gasteiger partial charge < -0.3 is 9.64 Å². The van der Waals surface area contributed by atoms with E-state index < -0.39 is 6.10 Å². The van der Waals surface area contributed by atoms with Crippen molar-refractivity contribution in [1.82, 2.24) is 15.0 Å². The first-order chi connectivity index (χ1) is 12.1. The SMILES string of the molecule is Cc1ncc(N2CC[C@@H](Oc3ccc(C(=O)C4CC4)nc3)C2=O)cn1. The number of Topliss-reactive ketones (excluding diaryl/α,β-unsaturated/α-hetero) is 1. The Labute approximate surface area is 145 Å². The first-order valence-corrected chi connectivity index (χ1v) is 8.39. The number of rotatable bonds is 5. The average Bonchev–Trinajstić information content (AvgIpc) is 3.42. The molecule has 3 heterocycles. The topological polar surface area (TPSA) is 85.3 Å². The molecule has 0 unspecified atom stereocenters. The molecule has 2 aliphatic rings. The number of carbonyl (C=O) groups excluding carboxylic acids is 2. The van der Waals surface area contributed by atoms with Crippen LogP contribution in [-0.2, 0) is 4.79 Å². The number of hydrogen-bond acceptors (Lipinski definition) is 6. The Hall–Kier alpha value is -2.83. The monoisotopic (exact) mass is 338 g/mol. The summed E-state index contributed by atoms with van der Waals surface area (Å²) in [6, 6.07) is 3.37. The van der Waals surface area contributed by atoms with Crippen LogP contribution in [-0.4, -0.2) is 39.3 Å². The molecule has 1 aliphatic heterocycles. The molecule has 1 aliphatic carbocycles. The lowest BCUT2D eigenvalue weighted by Crippen LogP contribution is -2.32. The number of amides is 1. The van der Waals surface area contributed by atoms with Crippen molar-refractivity contribution in [1.29, 1.82) is 0 Å². The van der Waals surface area contributed by atoms with Crippen LogP contribution in [0.5, 0.6) is 5.75 Å². The Morgan fingerprint density at radius 3 is 2.52 bits per heavy atom. The van der Waals surface area contributed by atoms with Gasteiger partial charge in [-0.1, -0.05) is 0 Å². The fourth-order valence-corrected chi connectivity index (χ4v) is 2.86. The van der Waals surface area contributed by atoms with Gasteiger partial charge in [-0.2, -0.15) is 0 Å². The molecule has 0 spiro atoms. The maximum atomic E-state index is 12.5. The van der Waals surface area contributed by atoms with Gasteiger partial charge in [0.05, 0.1) is 24.3 Å². The average molecular weight is 338 g/mol. The standard InChI is InChI=1S/C18H18N4O3/c1-11-19-8-13(9-20-11)22-7-6-16(18(22)24)25-14-4-5-15(21-10-14)17(23)12-2-3-12/h4-5,8-10,12,16H,2-3,6-7H2,1H3/t16-/m1/s1. The maximum Gasteiger partial charge on any atom is 0.268 e. The van der Waals surface area contributed by atoms with E-state index in [2.05, 4.69) is 15.0 Å². The van der Waals surface area contributed by atoms with Crippen molar-refractivity contribution >= 4 is 17.4 Å². The molecule has 2 aromatic rings. The molecule has 1 saturated carbocycles. The summed E-state index contributed by atoms with van der Waals surface area (Å²) in [5, 5.41) is 0. The first kappa shape index (κ1) is 15.7. The van der Waals surface area contributed by atoms with Crippen LogP contribution in [0.15, 0.2) is 30.7 Å². The first-order valence-electron chi connectivity index (χ1n) is 8.39. The fourth-order valence-electron chi connectivity index (χ4n) is 2.86. The van der Waals surface area contributed by atoms with Crippen molar-refractivity contribution < 1.29 is 14.3 Å². The summed E-state index contributed by atoms with van der Waals surface area (Å²) < 4.78 is 5.77. The number of hydrogen-bond donors (Lipinski definition) is 0. The molecule has 128 valence electrons. The quantitative estimate of drug-likeness (QED) is 0.775. The van der Waals surface area contributed by atoms with Crippen LogP contribution in [0, 0.1) is 12.8 Å². The minimum absolute atomic E-state index is 0.0917. The van der Waals surface area contributed by atoms with Crippen LogP contribution < -0.4 is 9.64 Å². The predicted octanol–water partition coefficient (Wildman–Crippen LogP) is 1.96. The summed E-state index contributed by atoms with van der Waals surface area (Å²) in [6.45, 7) is 2.35. The van der Waals surface area contributed by atoms with Gasteiger partial charge in [-0.05, 0) is 31.9 Å². The minimum atomic E-state index is -0.562. The molecule has 1 amide bonds. The third-order valence-electron chi connectivity index (χ3n) is 4.45. The fraction of sp³-hybridized carbons (Fsp3) is 0.389. The zero-order valence-electron chi connectivity index (χ0n) is 13.9. The van der Waals surface area contributed by atoms with Crippen LogP contribution >= 0.6 is 0 Å². The number of pyridine rings is 1. The van der Waals surface area contributed by atoms with Gasteiger partial charge in [-0.15, -0.1) is 0 Å². The van der Waals surface area contributed by atoms with Gasteiger partial charge in [0.2, 0.25) is 0 Å². The molecule has 2 aromatic heterocycles. The van der Waals surface area contributed by atoms with Crippen molar-refractivity contribution in [2.24, 2.45) is 5.92 Å². The number of aromatic nitrogens is 3. The summed E-state index contributed by atoms with van der Waals surface area (Å²) >= 11 is 0. The summed E-state index contributed by atoms with van der Waals surface area (Å²) in [5.41, 5.74) is 1.14. The molecule has 4 rings (SSSR count). The highest BCUT2D eigenvalue weighted by Gasteiger charge is 2.35. The van der Waals surface area contributed by atoms with E-state index in [-0.39, 0.29) is 17.6 Å². The van der Waals surface area contributed by atoms with Crippen LogP contribution in [0.1, 0.15) is 35.6 Å². The molecular formula is C18H18N4O3. The van der Waals surface area contributed by atoms with Crippen LogP contribution in [0.25, 0.3) is 0 Å². The van der Waals surface area contributed by atoms with Crippen LogP contribution in [0.4, 0.5) is 5.69 Å². The van der Waals surface area contributed by atoms with E-state index in [9.17, 15) is 9.59 Å². The van der Waals surface area contributed by atoms with Gasteiger partial charge >= 0.3 is 0 Å². The number of ketones is 1. The van der Waals surface area contributed by atoms with Gasteiger partial charge in [-0.3, -0.25) is 9.59 Å². The number of ether oxygens (including phenoxy) is 1. The second-order valence-corrected chi connectivity index (χ2v) is 6.39.